The molecule has 1 aromatic rings. The normalized spacial score (nSPS) is 25.5. The summed E-state index contributed by atoms with van der Waals surface area (Å²) in [6.07, 6.45) is 1.12. The monoisotopic (exact) mass is 310 g/mol. The van der Waals surface area contributed by atoms with Crippen molar-refractivity contribution in [2.75, 3.05) is 13.1 Å². The van der Waals surface area contributed by atoms with Gasteiger partial charge < -0.3 is 10.5 Å². The van der Waals surface area contributed by atoms with Gasteiger partial charge in [0.05, 0.1) is 17.7 Å². The third-order valence-corrected chi connectivity index (χ3v) is 4.43. The van der Waals surface area contributed by atoms with Gasteiger partial charge in [-0.1, -0.05) is 36.7 Å². The molecule has 0 saturated carbocycles. The molecule has 3 unspecified atom stereocenters. The van der Waals surface area contributed by atoms with Gasteiger partial charge in [0.25, 0.3) is 0 Å². The molecule has 1 fully saturated rings. The van der Waals surface area contributed by atoms with Crippen molar-refractivity contribution >= 4 is 11.6 Å². The lowest BCUT2D eigenvalue weighted by molar-refractivity contribution is -0.140. The van der Waals surface area contributed by atoms with Gasteiger partial charge in [-0.25, -0.2) is 0 Å². The molecule has 0 aliphatic carbocycles. The van der Waals surface area contributed by atoms with Crippen molar-refractivity contribution in [2.24, 2.45) is 5.73 Å². The van der Waals surface area contributed by atoms with E-state index >= 15 is 0 Å². The van der Waals surface area contributed by atoms with Crippen molar-refractivity contribution in [1.29, 1.82) is 0 Å². The number of nitrogens with zero attached hydrogens (tertiary/aromatic N) is 1. The van der Waals surface area contributed by atoms with E-state index in [1.165, 1.54) is 0 Å². The second kappa shape index (κ2) is 6.66. The Kier molecular flexibility index (Phi) is 5.31. The molecule has 1 aliphatic heterocycles. The first-order valence-electron chi connectivity index (χ1n) is 7.76. The average Bonchev–Trinajstić information content (AvgIpc) is 2.38. The standard InChI is InChI=1S/C17H27ClN2O/c1-5-15(19)16(13-8-6-7-9-14(13)18)20-10-12(2)21-17(3,4)11-20/h6-9,12,15-16H,5,10-11,19H2,1-4H3. The van der Waals surface area contributed by atoms with E-state index in [-0.39, 0.29) is 23.8 Å². The molecule has 0 amide bonds. The molecule has 0 spiro atoms. The molecular weight excluding hydrogens is 284 g/mol. The Morgan fingerprint density at radius 3 is 2.67 bits per heavy atom. The Bertz CT molecular complexity index is 478. The van der Waals surface area contributed by atoms with Crippen molar-refractivity contribution in [2.45, 2.75) is 57.9 Å². The molecule has 0 bridgehead atoms. The third-order valence-electron chi connectivity index (χ3n) is 4.09. The molecule has 1 saturated heterocycles. The summed E-state index contributed by atoms with van der Waals surface area (Å²) in [6, 6.07) is 8.23. The highest BCUT2D eigenvalue weighted by molar-refractivity contribution is 6.31. The minimum atomic E-state index is -0.162. The largest absolute Gasteiger partial charge is 0.370 e. The topological polar surface area (TPSA) is 38.5 Å². The Labute approximate surface area is 133 Å². The molecule has 2 N–H and O–H groups in total. The van der Waals surface area contributed by atoms with Crippen molar-refractivity contribution in [3.05, 3.63) is 34.9 Å². The lowest BCUT2D eigenvalue weighted by Crippen LogP contribution is -2.55. The zero-order chi connectivity index (χ0) is 15.6. The number of morpholine rings is 1. The molecule has 4 heteroatoms. The van der Waals surface area contributed by atoms with Crippen molar-refractivity contribution < 1.29 is 4.74 Å². The maximum absolute atomic E-state index is 6.44. The quantitative estimate of drug-likeness (QED) is 0.923. The minimum Gasteiger partial charge on any atom is -0.370 e. The van der Waals surface area contributed by atoms with Crippen LogP contribution in [0, 0.1) is 0 Å². The number of hydrogen-bond acceptors (Lipinski definition) is 3. The summed E-state index contributed by atoms with van der Waals surface area (Å²) >= 11 is 6.43. The average molecular weight is 311 g/mol. The summed E-state index contributed by atoms with van der Waals surface area (Å²) in [5, 5.41) is 0.795. The summed E-state index contributed by atoms with van der Waals surface area (Å²) < 4.78 is 6.02. The van der Waals surface area contributed by atoms with E-state index in [1.807, 2.05) is 18.2 Å². The van der Waals surface area contributed by atoms with Gasteiger partial charge in [-0.2, -0.15) is 0 Å². The fraction of sp³-hybridized carbons (Fsp3) is 0.647. The van der Waals surface area contributed by atoms with E-state index in [9.17, 15) is 0 Å². The van der Waals surface area contributed by atoms with E-state index in [0.717, 1.165) is 30.1 Å². The number of ether oxygens (including phenoxy) is 1. The van der Waals surface area contributed by atoms with E-state index in [4.69, 9.17) is 22.1 Å². The van der Waals surface area contributed by atoms with Crippen LogP contribution in [0.5, 0.6) is 0 Å². The van der Waals surface area contributed by atoms with Crippen molar-refractivity contribution in [3.8, 4) is 0 Å². The summed E-state index contributed by atoms with van der Waals surface area (Å²) in [7, 11) is 0. The van der Waals surface area contributed by atoms with Crippen LogP contribution >= 0.6 is 11.6 Å². The van der Waals surface area contributed by atoms with Crippen LogP contribution < -0.4 is 5.73 Å². The molecule has 21 heavy (non-hydrogen) atoms. The SMILES string of the molecule is CCC(N)C(c1ccccc1Cl)N1CC(C)OC(C)(C)C1. The predicted molar refractivity (Wildman–Crippen MR) is 88.7 cm³/mol. The fourth-order valence-corrected chi connectivity index (χ4v) is 3.60. The molecule has 118 valence electrons. The Morgan fingerprint density at radius 1 is 1.43 bits per heavy atom. The molecule has 2 rings (SSSR count). The van der Waals surface area contributed by atoms with Gasteiger partial charge in [-0.05, 0) is 38.8 Å². The first-order valence-corrected chi connectivity index (χ1v) is 8.13. The van der Waals surface area contributed by atoms with Gasteiger partial charge >= 0.3 is 0 Å². The van der Waals surface area contributed by atoms with Crippen LogP contribution in [-0.2, 0) is 4.74 Å². The molecule has 3 nitrogen and oxygen atoms in total. The van der Waals surface area contributed by atoms with Gasteiger partial charge in [0.15, 0.2) is 0 Å². The number of benzene rings is 1. The number of nitrogens with two attached hydrogens (primary N) is 1. The maximum atomic E-state index is 6.44. The smallest absolute Gasteiger partial charge is 0.0757 e. The van der Waals surface area contributed by atoms with Crippen molar-refractivity contribution in [3.63, 3.8) is 0 Å². The highest BCUT2D eigenvalue weighted by Gasteiger charge is 2.37. The molecule has 3 atom stereocenters. The highest BCUT2D eigenvalue weighted by Crippen LogP contribution is 2.34. The minimum absolute atomic E-state index is 0.0611. The number of halogens is 1. The van der Waals surface area contributed by atoms with Crippen LogP contribution in [0.4, 0.5) is 0 Å². The van der Waals surface area contributed by atoms with Crippen LogP contribution in [0.25, 0.3) is 0 Å². The fourth-order valence-electron chi connectivity index (χ4n) is 3.35. The molecule has 1 aliphatic rings. The first kappa shape index (κ1) is 16.8. The molecule has 1 aromatic carbocycles. The summed E-state index contributed by atoms with van der Waals surface area (Å²) in [5.41, 5.74) is 7.40. The Balaban J connectivity index is 2.35. The van der Waals surface area contributed by atoms with Gasteiger partial charge in [0.1, 0.15) is 0 Å². The van der Waals surface area contributed by atoms with Crippen LogP contribution in [0.2, 0.25) is 5.02 Å². The molecule has 1 heterocycles. The van der Waals surface area contributed by atoms with Gasteiger partial charge in [0.2, 0.25) is 0 Å². The second-order valence-electron chi connectivity index (χ2n) is 6.66. The Morgan fingerprint density at radius 2 is 2.10 bits per heavy atom. The molecule has 0 aromatic heterocycles. The zero-order valence-corrected chi connectivity index (χ0v) is 14.2. The third kappa shape index (κ3) is 3.98. The van der Waals surface area contributed by atoms with Crippen LogP contribution in [-0.4, -0.2) is 35.7 Å². The van der Waals surface area contributed by atoms with Gasteiger partial charge in [-0.3, -0.25) is 4.90 Å². The first-order chi connectivity index (χ1) is 9.84. The van der Waals surface area contributed by atoms with Crippen LogP contribution in [0.3, 0.4) is 0 Å². The summed E-state index contributed by atoms with van der Waals surface area (Å²) in [4.78, 5) is 2.43. The lowest BCUT2D eigenvalue weighted by atomic mass is 9.93. The number of hydrogen-bond donors (Lipinski definition) is 1. The molecule has 0 radical (unpaired) electrons. The van der Waals surface area contributed by atoms with E-state index in [0.29, 0.717) is 0 Å². The summed E-state index contributed by atoms with van der Waals surface area (Å²) in [6.45, 7) is 10.3. The highest BCUT2D eigenvalue weighted by atomic mass is 35.5. The van der Waals surface area contributed by atoms with Gasteiger partial charge in [-0.15, -0.1) is 0 Å². The Hall–Kier alpha value is -0.610. The summed E-state index contributed by atoms with van der Waals surface area (Å²) in [5.74, 6) is 0. The van der Waals surface area contributed by atoms with Crippen molar-refractivity contribution in [1.82, 2.24) is 4.90 Å². The van der Waals surface area contributed by atoms with Gasteiger partial charge in [0, 0.05) is 24.2 Å². The van der Waals surface area contributed by atoms with Crippen LogP contribution in [0.1, 0.15) is 45.7 Å². The predicted octanol–water partition coefficient (Wildman–Crippen LogP) is 3.62. The van der Waals surface area contributed by atoms with Crippen LogP contribution in [0.15, 0.2) is 24.3 Å². The lowest BCUT2D eigenvalue weighted by Gasteiger charge is -2.46. The van der Waals surface area contributed by atoms with E-state index in [2.05, 4.69) is 38.7 Å². The second-order valence-corrected chi connectivity index (χ2v) is 7.06. The maximum Gasteiger partial charge on any atom is 0.0757 e. The molecular formula is C17H27ClN2O. The van der Waals surface area contributed by atoms with E-state index in [1.54, 1.807) is 0 Å². The number of rotatable bonds is 4. The van der Waals surface area contributed by atoms with E-state index < -0.39 is 0 Å². The zero-order valence-electron chi connectivity index (χ0n) is 13.5.